The van der Waals surface area contributed by atoms with Gasteiger partial charge in [-0.2, -0.15) is 0 Å². The molecule has 0 saturated heterocycles. The molecular weight excluding hydrogens is 1090 g/mol. The molecule has 56 heavy (non-hydrogen) atoms. The van der Waals surface area contributed by atoms with Crippen LogP contribution in [0.25, 0.3) is 21.3 Å². The second-order valence-corrected chi connectivity index (χ2v) is 12.6. The smallest absolute Gasteiger partial charge is 0 e. The number of hydrogen-bond acceptors (Lipinski definition) is 8. The van der Waals surface area contributed by atoms with Gasteiger partial charge < -0.3 is 67.0 Å². The molecule has 0 amide bonds. The molecule has 0 saturated carbocycles. The van der Waals surface area contributed by atoms with Crippen LogP contribution in [0.15, 0.2) is 72.8 Å². The van der Waals surface area contributed by atoms with E-state index in [2.05, 4.69) is 46.5 Å². The topological polar surface area (TPSA) is 185 Å². The van der Waals surface area contributed by atoms with Crippen LogP contribution >= 0.6 is 0 Å². The number of nitrogens with zero attached hydrogens (tertiary/aromatic N) is 6. The summed E-state index contributed by atoms with van der Waals surface area (Å²) in [6.07, 6.45) is -2.48. The van der Waals surface area contributed by atoms with Crippen molar-refractivity contribution < 1.29 is 61.3 Å². The van der Waals surface area contributed by atoms with Gasteiger partial charge in [0.1, 0.15) is 0 Å². The van der Waals surface area contributed by atoms with Gasteiger partial charge in [0.15, 0.2) is 0 Å². The number of benzene rings is 4. The predicted molar refractivity (Wildman–Crippen MR) is 228 cm³/mol. The van der Waals surface area contributed by atoms with E-state index < -0.39 is 24.9 Å². The summed E-state index contributed by atoms with van der Waals surface area (Å²) in [6.45, 7) is 22.6. The maximum atomic E-state index is 9.09. The van der Waals surface area contributed by atoms with Crippen LogP contribution in [0.1, 0.15) is 72.2 Å². The maximum absolute atomic E-state index is 9.09. The zero-order valence-electron chi connectivity index (χ0n) is 34.3. The molecule has 0 spiro atoms. The van der Waals surface area contributed by atoms with Crippen LogP contribution in [0.2, 0.25) is 0 Å². The summed E-state index contributed by atoms with van der Waals surface area (Å²) >= 11 is 7.40. The summed E-state index contributed by atoms with van der Waals surface area (Å²) in [4.78, 5) is 0. The van der Waals surface area contributed by atoms with Gasteiger partial charge in [-0.3, -0.25) is 0 Å². The van der Waals surface area contributed by atoms with Crippen LogP contribution in [0.5, 0.6) is 0 Å². The van der Waals surface area contributed by atoms with Gasteiger partial charge in [-0.1, -0.05) is 156 Å². The predicted octanol–water partition coefficient (Wildman–Crippen LogP) is 10.6. The normalized spacial score (nSPS) is 11.1. The summed E-state index contributed by atoms with van der Waals surface area (Å²) in [5.41, 5.74) is 12.5. The molecule has 4 rings (SSSR count). The first kappa shape index (κ1) is 59.4. The number of hydrogen-bond donors (Lipinski definition) is 4. The van der Waals surface area contributed by atoms with E-state index in [0.717, 1.165) is 67.3 Å². The van der Waals surface area contributed by atoms with E-state index in [1.165, 1.54) is 10.8 Å². The van der Waals surface area contributed by atoms with Crippen molar-refractivity contribution in [1.82, 2.24) is 0 Å². The Balaban J connectivity index is -0.000000303. The van der Waals surface area contributed by atoms with E-state index in [0.29, 0.717) is 0 Å². The Morgan fingerprint density at radius 1 is 0.393 bits per heavy atom. The second-order valence-electron chi connectivity index (χ2n) is 12.2. The Labute approximate surface area is 374 Å². The SMILES string of the molecule is Cc1cccc(C)c1[N-]C(C)O.Cc1cccc(C)c1[N-]C(C)O.Cc1cccc(C)c1[N-]C(C)O.Cc1cccc(C)c1[N-]C(C)O.N#C[S-].N#C[S-].[Re].[Re]. The first-order chi connectivity index (χ1) is 25.3. The Hall–Kier alpha value is -3.34. The molecule has 4 atom stereocenters. The van der Waals surface area contributed by atoms with E-state index in [1.807, 2.05) is 128 Å². The minimum Gasteiger partial charge on any atom is -0.696 e. The Kier molecular flexibility index (Phi) is 35.8. The molecule has 0 heterocycles. The Morgan fingerprint density at radius 3 is 0.589 bits per heavy atom. The molecule has 2 radical (unpaired) electrons. The van der Waals surface area contributed by atoms with Crippen molar-refractivity contribution in [3.8, 4) is 10.8 Å². The van der Waals surface area contributed by atoms with Crippen LogP contribution in [-0.2, 0) is 66.1 Å². The fourth-order valence-electron chi connectivity index (χ4n) is 4.78. The summed E-state index contributed by atoms with van der Waals surface area (Å²) in [5.74, 6) is 0. The molecule has 310 valence electrons. The van der Waals surface area contributed by atoms with Gasteiger partial charge >= 0.3 is 0 Å². The maximum Gasteiger partial charge on any atom is 0 e. The third-order valence-electron chi connectivity index (χ3n) is 7.02. The van der Waals surface area contributed by atoms with Gasteiger partial charge in [-0.25, -0.2) is 10.5 Å². The van der Waals surface area contributed by atoms with Crippen molar-refractivity contribution in [2.45, 2.75) is 108 Å². The van der Waals surface area contributed by atoms with Crippen molar-refractivity contribution in [3.05, 3.63) is 139 Å². The average Bonchev–Trinajstić information content (AvgIpc) is 3.06. The summed E-state index contributed by atoms with van der Waals surface area (Å²) < 4.78 is 0. The standard InChI is InChI=1S/4C10H14NO.2CHNS.2Re/c4*1-7-5-4-6-8(2)10(7)11-9(3)12;2*2-1-3;;/h4*4-6,9,12H,1-3H3;2*3H;;/q4*-1;;;;/p-2. The molecule has 0 aliphatic rings. The molecule has 0 aromatic heterocycles. The fraction of sp³-hybridized carbons (Fsp3) is 0.381. The molecule has 14 heteroatoms. The number of aryl methyl sites for hydroxylation is 8. The number of para-hydroxylation sites is 4. The number of aliphatic hydroxyl groups is 4. The van der Waals surface area contributed by atoms with Gasteiger partial charge in [0.2, 0.25) is 0 Å². The number of thiocyanates is 2. The Morgan fingerprint density at radius 2 is 0.500 bits per heavy atom. The van der Waals surface area contributed by atoms with Crippen molar-refractivity contribution >= 4 is 48.0 Å². The third kappa shape index (κ3) is 26.5. The van der Waals surface area contributed by atoms with Crippen molar-refractivity contribution in [1.29, 1.82) is 10.5 Å². The molecule has 0 aliphatic carbocycles. The average molecular weight is 1150 g/mol. The van der Waals surface area contributed by atoms with Gasteiger partial charge in [0, 0.05) is 40.8 Å². The first-order valence-electron chi connectivity index (χ1n) is 17.1. The van der Waals surface area contributed by atoms with Crippen LogP contribution < -0.4 is 0 Å². The summed E-state index contributed by atoms with van der Waals surface area (Å²) in [6, 6.07) is 23.9. The third-order valence-corrected chi connectivity index (χ3v) is 7.02. The number of aliphatic hydroxyl groups excluding tert-OH is 4. The molecule has 0 aliphatic heterocycles. The van der Waals surface area contributed by atoms with Crippen LogP contribution in [-0.4, -0.2) is 45.3 Å². The zero-order valence-corrected chi connectivity index (χ0v) is 41.3. The molecule has 4 aromatic rings. The van der Waals surface area contributed by atoms with Gasteiger partial charge in [-0.05, 0) is 80.3 Å². The van der Waals surface area contributed by atoms with Gasteiger partial charge in [-0.15, -0.1) is 22.7 Å². The van der Waals surface area contributed by atoms with E-state index in [9.17, 15) is 0 Å². The zero-order chi connectivity index (χ0) is 42.0. The largest absolute Gasteiger partial charge is 0.696 e. The molecule has 10 nitrogen and oxygen atoms in total. The molecule has 4 aromatic carbocycles. The first-order valence-corrected chi connectivity index (χ1v) is 17.9. The molecule has 0 bridgehead atoms. The van der Waals surface area contributed by atoms with Crippen LogP contribution in [0.3, 0.4) is 0 Å². The van der Waals surface area contributed by atoms with Crippen molar-refractivity contribution in [3.63, 3.8) is 0 Å². The fourth-order valence-corrected chi connectivity index (χ4v) is 4.78. The summed E-state index contributed by atoms with van der Waals surface area (Å²) in [7, 11) is 0. The van der Waals surface area contributed by atoms with E-state index in [4.69, 9.17) is 30.9 Å². The van der Waals surface area contributed by atoms with Crippen molar-refractivity contribution in [2.75, 3.05) is 0 Å². The molecular formula is C42H56N6O4Re2S2-6. The van der Waals surface area contributed by atoms with Gasteiger partial charge in [0.25, 0.3) is 0 Å². The number of rotatable bonds is 8. The number of nitriles is 2. The quantitative estimate of drug-likeness (QED) is 0.0992. The van der Waals surface area contributed by atoms with Crippen molar-refractivity contribution in [2.24, 2.45) is 0 Å². The van der Waals surface area contributed by atoms with Gasteiger partial charge in [0.05, 0.1) is 0 Å². The van der Waals surface area contributed by atoms with E-state index >= 15 is 0 Å². The second kappa shape index (κ2) is 33.8. The Bertz CT molecular complexity index is 1420. The molecule has 0 fully saturated rings. The summed E-state index contributed by atoms with van der Waals surface area (Å²) in [5, 5.41) is 69.7. The van der Waals surface area contributed by atoms with E-state index in [1.54, 1.807) is 27.7 Å². The minimum atomic E-state index is -0.621. The molecule has 4 unspecified atom stereocenters. The van der Waals surface area contributed by atoms with Crippen LogP contribution in [0.4, 0.5) is 22.7 Å². The van der Waals surface area contributed by atoms with Crippen LogP contribution in [0, 0.1) is 76.7 Å². The molecule has 4 N–H and O–H groups in total. The minimum absolute atomic E-state index is 0. The monoisotopic (exact) mass is 1150 g/mol. The van der Waals surface area contributed by atoms with E-state index in [-0.39, 0.29) is 40.8 Å².